The van der Waals surface area contributed by atoms with Crippen molar-refractivity contribution in [3.63, 3.8) is 0 Å². The zero-order chi connectivity index (χ0) is 21.0. The number of aromatic nitrogens is 3. The SMILES string of the molecule is O=C(c1nc(C2CC2)n(-c2ccccc2)n1)N1CCN(CCOc2ccccc2)CC1. The van der Waals surface area contributed by atoms with E-state index in [0.717, 1.165) is 49.7 Å². The van der Waals surface area contributed by atoms with Gasteiger partial charge in [-0.05, 0) is 37.1 Å². The molecule has 2 heterocycles. The van der Waals surface area contributed by atoms with Crippen LogP contribution in [0.1, 0.15) is 35.2 Å². The molecule has 31 heavy (non-hydrogen) atoms. The molecule has 2 aromatic carbocycles. The third-order valence-corrected chi connectivity index (χ3v) is 5.85. The van der Waals surface area contributed by atoms with Crippen molar-refractivity contribution in [1.29, 1.82) is 0 Å². The van der Waals surface area contributed by atoms with Crippen LogP contribution in [0.3, 0.4) is 0 Å². The van der Waals surface area contributed by atoms with Crippen molar-refractivity contribution in [2.75, 3.05) is 39.3 Å². The number of rotatable bonds is 7. The van der Waals surface area contributed by atoms with Crippen molar-refractivity contribution in [2.24, 2.45) is 0 Å². The van der Waals surface area contributed by atoms with Crippen LogP contribution in [-0.2, 0) is 0 Å². The number of hydrogen-bond acceptors (Lipinski definition) is 5. The van der Waals surface area contributed by atoms with Gasteiger partial charge >= 0.3 is 0 Å². The maximum absolute atomic E-state index is 13.1. The Morgan fingerprint density at radius 2 is 1.61 bits per heavy atom. The smallest absolute Gasteiger partial charge is 0.293 e. The van der Waals surface area contributed by atoms with Crippen LogP contribution in [0.15, 0.2) is 60.7 Å². The number of hydrogen-bond donors (Lipinski definition) is 0. The van der Waals surface area contributed by atoms with E-state index in [0.29, 0.717) is 31.4 Å². The predicted octanol–water partition coefficient (Wildman–Crippen LogP) is 2.98. The fourth-order valence-corrected chi connectivity index (χ4v) is 3.91. The Labute approximate surface area is 182 Å². The highest BCUT2D eigenvalue weighted by atomic mass is 16.5. The Hall–Kier alpha value is -3.19. The first-order valence-electron chi connectivity index (χ1n) is 11.0. The topological polar surface area (TPSA) is 63.5 Å². The second-order valence-electron chi connectivity index (χ2n) is 8.11. The molecule has 1 amide bonds. The lowest BCUT2D eigenvalue weighted by Gasteiger charge is -2.34. The van der Waals surface area contributed by atoms with Crippen LogP contribution in [0.5, 0.6) is 5.75 Å². The Kier molecular flexibility index (Phi) is 5.67. The fourth-order valence-electron chi connectivity index (χ4n) is 3.91. The van der Waals surface area contributed by atoms with Crippen molar-refractivity contribution in [2.45, 2.75) is 18.8 Å². The molecule has 160 valence electrons. The molecule has 7 nitrogen and oxygen atoms in total. The molecule has 2 fully saturated rings. The number of carbonyl (C=O) groups is 1. The molecule has 3 aromatic rings. The Morgan fingerprint density at radius 3 is 2.29 bits per heavy atom. The Bertz CT molecular complexity index is 1010. The summed E-state index contributed by atoms with van der Waals surface area (Å²) in [5, 5.41) is 4.60. The fraction of sp³-hybridized carbons (Fsp3) is 0.375. The lowest BCUT2D eigenvalue weighted by Crippen LogP contribution is -2.49. The van der Waals surface area contributed by atoms with E-state index in [9.17, 15) is 4.79 Å². The molecule has 1 aliphatic heterocycles. The number of nitrogens with zero attached hydrogens (tertiary/aromatic N) is 5. The Balaban J connectivity index is 1.18. The molecule has 0 N–H and O–H groups in total. The standard InChI is InChI=1S/C24H27N5O2/c30-24(22-25-23(19-11-12-19)29(26-22)20-7-3-1-4-8-20)28-15-13-27(14-16-28)17-18-31-21-9-5-2-6-10-21/h1-10,19H,11-18H2. The molecule has 1 saturated carbocycles. The van der Waals surface area contributed by atoms with Gasteiger partial charge in [0.25, 0.3) is 5.91 Å². The molecule has 2 aliphatic rings. The largest absolute Gasteiger partial charge is 0.492 e. The lowest BCUT2D eigenvalue weighted by atomic mass is 10.3. The summed E-state index contributed by atoms with van der Waals surface area (Å²) in [6.07, 6.45) is 2.23. The molecule has 5 rings (SSSR count). The van der Waals surface area contributed by atoms with E-state index in [4.69, 9.17) is 4.74 Å². The molecule has 0 radical (unpaired) electrons. The van der Waals surface area contributed by atoms with Gasteiger partial charge in [-0.2, -0.15) is 0 Å². The van der Waals surface area contributed by atoms with Gasteiger partial charge in [-0.3, -0.25) is 9.69 Å². The molecule has 0 atom stereocenters. The van der Waals surface area contributed by atoms with Crippen LogP contribution >= 0.6 is 0 Å². The summed E-state index contributed by atoms with van der Waals surface area (Å²) in [4.78, 5) is 21.9. The summed E-state index contributed by atoms with van der Waals surface area (Å²) in [6, 6.07) is 19.8. The molecule has 0 bridgehead atoms. The van der Waals surface area contributed by atoms with Crippen molar-refractivity contribution in [1.82, 2.24) is 24.6 Å². The van der Waals surface area contributed by atoms with Gasteiger partial charge in [-0.25, -0.2) is 9.67 Å². The first-order valence-corrected chi connectivity index (χ1v) is 11.0. The average Bonchev–Trinajstić information content (AvgIpc) is 3.58. The summed E-state index contributed by atoms with van der Waals surface area (Å²) >= 11 is 0. The quantitative estimate of drug-likeness (QED) is 0.591. The minimum atomic E-state index is -0.0724. The monoisotopic (exact) mass is 417 g/mol. The molecule has 0 unspecified atom stereocenters. The van der Waals surface area contributed by atoms with Gasteiger partial charge < -0.3 is 9.64 Å². The predicted molar refractivity (Wildman–Crippen MR) is 118 cm³/mol. The number of amides is 1. The van der Waals surface area contributed by atoms with Crippen LogP contribution in [0.25, 0.3) is 5.69 Å². The van der Waals surface area contributed by atoms with Crippen LogP contribution in [-0.4, -0.2) is 69.8 Å². The molecule has 1 aromatic heterocycles. The van der Waals surface area contributed by atoms with E-state index < -0.39 is 0 Å². The summed E-state index contributed by atoms with van der Waals surface area (Å²) < 4.78 is 7.64. The van der Waals surface area contributed by atoms with Crippen molar-refractivity contribution in [3.8, 4) is 11.4 Å². The molecule has 1 aliphatic carbocycles. The summed E-state index contributed by atoms with van der Waals surface area (Å²) in [7, 11) is 0. The van der Waals surface area contributed by atoms with Gasteiger partial charge in [0, 0.05) is 38.6 Å². The Morgan fingerprint density at radius 1 is 0.935 bits per heavy atom. The summed E-state index contributed by atoms with van der Waals surface area (Å²) in [5.41, 5.74) is 0.958. The third-order valence-electron chi connectivity index (χ3n) is 5.85. The highest BCUT2D eigenvalue weighted by Gasteiger charge is 2.33. The highest BCUT2D eigenvalue weighted by Crippen LogP contribution is 2.39. The number of benzene rings is 2. The second-order valence-corrected chi connectivity index (χ2v) is 8.11. The number of ether oxygens (including phenoxy) is 1. The maximum Gasteiger partial charge on any atom is 0.293 e. The van der Waals surface area contributed by atoms with Crippen molar-refractivity contribution < 1.29 is 9.53 Å². The average molecular weight is 418 g/mol. The van der Waals surface area contributed by atoms with E-state index in [2.05, 4.69) is 15.0 Å². The lowest BCUT2D eigenvalue weighted by molar-refractivity contribution is 0.0608. The second kappa shape index (κ2) is 8.89. The van der Waals surface area contributed by atoms with Gasteiger partial charge in [0.2, 0.25) is 5.82 Å². The van der Waals surface area contributed by atoms with Crippen LogP contribution in [0.4, 0.5) is 0 Å². The molecule has 0 spiro atoms. The number of para-hydroxylation sites is 2. The zero-order valence-corrected chi connectivity index (χ0v) is 17.6. The van der Waals surface area contributed by atoms with Crippen LogP contribution in [0.2, 0.25) is 0 Å². The molecular formula is C24H27N5O2. The van der Waals surface area contributed by atoms with Gasteiger partial charge in [0.05, 0.1) is 5.69 Å². The zero-order valence-electron chi connectivity index (χ0n) is 17.6. The van der Waals surface area contributed by atoms with Crippen molar-refractivity contribution >= 4 is 5.91 Å². The first-order chi connectivity index (χ1) is 15.3. The maximum atomic E-state index is 13.1. The van der Waals surface area contributed by atoms with Crippen LogP contribution < -0.4 is 4.74 Å². The third kappa shape index (κ3) is 4.61. The summed E-state index contributed by atoms with van der Waals surface area (Å²) in [6.45, 7) is 4.53. The first kappa shape index (κ1) is 19.8. The van der Waals surface area contributed by atoms with E-state index >= 15 is 0 Å². The number of carbonyl (C=O) groups excluding carboxylic acids is 1. The minimum absolute atomic E-state index is 0.0724. The van der Waals surface area contributed by atoms with E-state index in [1.54, 1.807) is 0 Å². The molecule has 1 saturated heterocycles. The van der Waals surface area contributed by atoms with Gasteiger partial charge in [0.15, 0.2) is 0 Å². The van der Waals surface area contributed by atoms with E-state index in [1.807, 2.05) is 70.2 Å². The van der Waals surface area contributed by atoms with Gasteiger partial charge in [0.1, 0.15) is 18.2 Å². The van der Waals surface area contributed by atoms with E-state index in [-0.39, 0.29) is 5.91 Å². The molecular weight excluding hydrogens is 390 g/mol. The van der Waals surface area contributed by atoms with E-state index in [1.165, 1.54) is 0 Å². The molecule has 7 heteroatoms. The normalized spacial score (nSPS) is 17.0. The summed E-state index contributed by atoms with van der Waals surface area (Å²) in [5.74, 6) is 2.45. The van der Waals surface area contributed by atoms with Gasteiger partial charge in [-0.1, -0.05) is 36.4 Å². The minimum Gasteiger partial charge on any atom is -0.492 e. The highest BCUT2D eigenvalue weighted by molar-refractivity contribution is 5.90. The van der Waals surface area contributed by atoms with Crippen LogP contribution in [0, 0.1) is 0 Å². The van der Waals surface area contributed by atoms with Crippen molar-refractivity contribution in [3.05, 3.63) is 72.3 Å². The van der Waals surface area contributed by atoms with Gasteiger partial charge in [-0.15, -0.1) is 5.10 Å². The number of piperazine rings is 1.